The molecule has 0 radical (unpaired) electrons. The number of fused-ring (bicyclic) bond motifs is 1. The number of carbonyl (C=O) groups excluding carboxylic acids is 1. The fourth-order valence-electron chi connectivity index (χ4n) is 2.12. The van der Waals surface area contributed by atoms with Crippen molar-refractivity contribution in [1.82, 2.24) is 5.16 Å². The molecule has 0 bridgehead atoms. The number of esters is 1. The Morgan fingerprint density at radius 3 is 2.95 bits per heavy atom. The fourth-order valence-corrected chi connectivity index (χ4v) is 2.48. The van der Waals surface area contributed by atoms with Gasteiger partial charge in [0.15, 0.2) is 5.76 Å². The van der Waals surface area contributed by atoms with Crippen LogP contribution in [0.4, 0.5) is 0 Å². The zero-order valence-corrected chi connectivity index (χ0v) is 13.1. The molecular weight excluding hydrogens is 338 g/mol. The van der Waals surface area contributed by atoms with Crippen molar-refractivity contribution in [2.24, 2.45) is 0 Å². The Balaban J connectivity index is 2.05. The number of halogens is 1. The van der Waals surface area contributed by atoms with Crippen LogP contribution in [0.5, 0.6) is 0 Å². The summed E-state index contributed by atoms with van der Waals surface area (Å²) in [6.07, 6.45) is 0. The molecule has 5 nitrogen and oxygen atoms in total. The van der Waals surface area contributed by atoms with E-state index in [1.165, 1.54) is 6.07 Å². The number of furan rings is 1. The van der Waals surface area contributed by atoms with Gasteiger partial charge >= 0.3 is 5.97 Å². The summed E-state index contributed by atoms with van der Waals surface area (Å²) in [5, 5.41) is 4.87. The van der Waals surface area contributed by atoms with E-state index in [-0.39, 0.29) is 12.4 Å². The Morgan fingerprint density at radius 2 is 2.19 bits per heavy atom. The number of aryl methyl sites for hydroxylation is 1. The number of benzene rings is 1. The SMILES string of the molecule is CCOC(=O)c1cc(-c2oc3ccc(Br)cc3c2C)no1. The van der Waals surface area contributed by atoms with E-state index in [1.807, 2.05) is 25.1 Å². The molecule has 0 aliphatic rings. The molecule has 21 heavy (non-hydrogen) atoms. The van der Waals surface area contributed by atoms with Crippen LogP contribution in [0.1, 0.15) is 23.0 Å². The van der Waals surface area contributed by atoms with Gasteiger partial charge < -0.3 is 13.7 Å². The molecule has 0 spiro atoms. The Morgan fingerprint density at radius 1 is 1.38 bits per heavy atom. The van der Waals surface area contributed by atoms with Crippen LogP contribution < -0.4 is 0 Å². The van der Waals surface area contributed by atoms with E-state index in [1.54, 1.807) is 6.92 Å². The van der Waals surface area contributed by atoms with Crippen molar-refractivity contribution >= 4 is 32.9 Å². The molecule has 1 aromatic carbocycles. The lowest BCUT2D eigenvalue weighted by atomic mass is 10.1. The Bertz CT molecular complexity index is 818. The van der Waals surface area contributed by atoms with E-state index in [9.17, 15) is 4.79 Å². The molecule has 0 fully saturated rings. The first-order valence-electron chi connectivity index (χ1n) is 6.43. The average Bonchev–Trinajstić information content (AvgIpc) is 3.05. The van der Waals surface area contributed by atoms with Gasteiger partial charge in [0.25, 0.3) is 0 Å². The molecule has 0 atom stereocenters. The summed E-state index contributed by atoms with van der Waals surface area (Å²) in [4.78, 5) is 11.6. The quantitative estimate of drug-likeness (QED) is 0.658. The summed E-state index contributed by atoms with van der Waals surface area (Å²) >= 11 is 3.44. The third-order valence-electron chi connectivity index (χ3n) is 3.12. The van der Waals surface area contributed by atoms with Gasteiger partial charge in [-0.1, -0.05) is 21.1 Å². The van der Waals surface area contributed by atoms with E-state index in [0.29, 0.717) is 11.5 Å². The van der Waals surface area contributed by atoms with Gasteiger partial charge in [-0.2, -0.15) is 0 Å². The molecule has 0 aliphatic carbocycles. The maximum Gasteiger partial charge on any atom is 0.377 e. The highest BCUT2D eigenvalue weighted by Crippen LogP contribution is 2.34. The van der Waals surface area contributed by atoms with E-state index in [0.717, 1.165) is 21.0 Å². The lowest BCUT2D eigenvalue weighted by Gasteiger charge is -1.94. The minimum absolute atomic E-state index is 0.0629. The summed E-state index contributed by atoms with van der Waals surface area (Å²) in [6.45, 7) is 3.95. The number of hydrogen-bond acceptors (Lipinski definition) is 5. The topological polar surface area (TPSA) is 65.5 Å². The smallest absolute Gasteiger partial charge is 0.377 e. The Kier molecular flexibility index (Phi) is 3.55. The number of aromatic nitrogens is 1. The summed E-state index contributed by atoms with van der Waals surface area (Å²) in [5.41, 5.74) is 2.17. The van der Waals surface area contributed by atoms with E-state index in [2.05, 4.69) is 21.1 Å². The van der Waals surface area contributed by atoms with E-state index < -0.39 is 5.97 Å². The second-order valence-electron chi connectivity index (χ2n) is 4.49. The predicted octanol–water partition coefficient (Wildman–Crippen LogP) is 4.34. The molecule has 0 N–H and O–H groups in total. The van der Waals surface area contributed by atoms with Crippen molar-refractivity contribution in [2.75, 3.05) is 6.61 Å². The number of rotatable bonds is 3. The van der Waals surface area contributed by atoms with Gasteiger partial charge in [-0.3, -0.25) is 0 Å². The molecule has 0 amide bonds. The van der Waals surface area contributed by atoms with Gasteiger partial charge in [0, 0.05) is 21.5 Å². The van der Waals surface area contributed by atoms with Crippen molar-refractivity contribution < 1.29 is 18.5 Å². The first-order valence-corrected chi connectivity index (χ1v) is 7.22. The highest BCUT2D eigenvalue weighted by atomic mass is 79.9. The molecule has 108 valence electrons. The molecule has 0 aliphatic heterocycles. The number of nitrogens with zero attached hydrogens (tertiary/aromatic N) is 1. The van der Waals surface area contributed by atoms with Crippen LogP contribution in [0.3, 0.4) is 0 Å². The minimum atomic E-state index is -0.534. The van der Waals surface area contributed by atoms with E-state index >= 15 is 0 Å². The van der Waals surface area contributed by atoms with Crippen LogP contribution in [0.2, 0.25) is 0 Å². The maximum atomic E-state index is 11.6. The normalized spacial score (nSPS) is 11.0. The summed E-state index contributed by atoms with van der Waals surface area (Å²) < 4.78 is 16.7. The third kappa shape index (κ3) is 2.47. The standard InChI is InChI=1S/C15H12BrNO4/c1-3-19-15(18)13-7-11(17-21-13)14-8(2)10-6-9(16)4-5-12(10)20-14/h4-7H,3H2,1-2H3. The molecule has 2 heterocycles. The molecule has 3 rings (SSSR count). The molecular formula is C15H12BrNO4. The van der Waals surface area contributed by atoms with Crippen molar-refractivity contribution in [2.45, 2.75) is 13.8 Å². The van der Waals surface area contributed by atoms with Crippen LogP contribution in [0.25, 0.3) is 22.4 Å². The highest BCUT2D eigenvalue weighted by Gasteiger charge is 2.20. The predicted molar refractivity (Wildman–Crippen MR) is 80.1 cm³/mol. The van der Waals surface area contributed by atoms with Crippen LogP contribution in [0, 0.1) is 6.92 Å². The van der Waals surface area contributed by atoms with Crippen LogP contribution >= 0.6 is 15.9 Å². The fraction of sp³-hybridized carbons (Fsp3) is 0.200. The van der Waals surface area contributed by atoms with Crippen molar-refractivity contribution in [1.29, 1.82) is 0 Å². The average molecular weight is 350 g/mol. The maximum absolute atomic E-state index is 11.6. The number of ether oxygens (including phenoxy) is 1. The molecule has 6 heteroatoms. The third-order valence-corrected chi connectivity index (χ3v) is 3.61. The lowest BCUT2D eigenvalue weighted by Crippen LogP contribution is -2.02. The Labute approximate surface area is 129 Å². The van der Waals surface area contributed by atoms with Gasteiger partial charge in [-0.25, -0.2) is 4.79 Å². The highest BCUT2D eigenvalue weighted by molar-refractivity contribution is 9.10. The zero-order chi connectivity index (χ0) is 15.0. The van der Waals surface area contributed by atoms with Crippen LogP contribution in [-0.2, 0) is 4.74 Å². The lowest BCUT2D eigenvalue weighted by molar-refractivity contribution is 0.0479. The zero-order valence-electron chi connectivity index (χ0n) is 11.5. The second kappa shape index (κ2) is 5.37. The molecule has 0 unspecified atom stereocenters. The minimum Gasteiger partial charge on any atom is -0.460 e. The van der Waals surface area contributed by atoms with Crippen molar-refractivity contribution in [3.05, 3.63) is 40.1 Å². The van der Waals surface area contributed by atoms with Crippen molar-refractivity contribution in [3.63, 3.8) is 0 Å². The first kappa shape index (κ1) is 13.9. The second-order valence-corrected chi connectivity index (χ2v) is 5.41. The number of hydrogen-bond donors (Lipinski definition) is 0. The monoisotopic (exact) mass is 349 g/mol. The molecule has 2 aromatic heterocycles. The van der Waals surface area contributed by atoms with Crippen LogP contribution in [0.15, 0.2) is 37.7 Å². The van der Waals surface area contributed by atoms with Gasteiger partial charge in [-0.15, -0.1) is 0 Å². The summed E-state index contributed by atoms with van der Waals surface area (Å²) in [5.74, 6) is 0.114. The molecule has 3 aromatic rings. The Hall–Kier alpha value is -2.08. The van der Waals surface area contributed by atoms with Gasteiger partial charge in [0.05, 0.1) is 6.61 Å². The molecule has 0 saturated heterocycles. The van der Waals surface area contributed by atoms with Gasteiger partial charge in [0.2, 0.25) is 5.76 Å². The van der Waals surface area contributed by atoms with Crippen LogP contribution in [-0.4, -0.2) is 17.7 Å². The number of carbonyl (C=O) groups is 1. The van der Waals surface area contributed by atoms with Gasteiger partial charge in [-0.05, 0) is 32.0 Å². The summed E-state index contributed by atoms with van der Waals surface area (Å²) in [6, 6.07) is 7.28. The summed E-state index contributed by atoms with van der Waals surface area (Å²) in [7, 11) is 0. The first-order chi connectivity index (χ1) is 10.1. The van der Waals surface area contributed by atoms with E-state index in [4.69, 9.17) is 13.7 Å². The molecule has 0 saturated carbocycles. The van der Waals surface area contributed by atoms with Gasteiger partial charge in [0.1, 0.15) is 11.3 Å². The largest absolute Gasteiger partial charge is 0.460 e. The van der Waals surface area contributed by atoms with Crippen molar-refractivity contribution in [3.8, 4) is 11.5 Å².